The number of carbonyl (C=O) groups is 2. The number of nitrogens with zero attached hydrogens (tertiary/aromatic N) is 5. The number of amides is 2. The molecule has 0 aliphatic carbocycles. The lowest BCUT2D eigenvalue weighted by atomic mass is 10.2. The van der Waals surface area contributed by atoms with E-state index in [-0.39, 0.29) is 12.5 Å². The summed E-state index contributed by atoms with van der Waals surface area (Å²) < 4.78 is 5.75. The molecule has 1 aliphatic heterocycles. The third kappa shape index (κ3) is 4.66. The number of thioether (sulfide) groups is 1. The van der Waals surface area contributed by atoms with Crippen molar-refractivity contribution < 1.29 is 14.3 Å². The van der Waals surface area contributed by atoms with Crippen molar-refractivity contribution >= 4 is 35.1 Å². The molecule has 156 valence electrons. The average Bonchev–Trinajstić information content (AvgIpc) is 2.89. The highest BCUT2D eigenvalue weighted by Gasteiger charge is 2.28. The molecular weight excluding hydrogens is 402 g/mol. The maximum Gasteiger partial charge on any atom is 0.298 e. The molecule has 0 unspecified atom stereocenters. The highest BCUT2D eigenvalue weighted by atomic mass is 32.2. The van der Waals surface area contributed by atoms with E-state index >= 15 is 0 Å². The summed E-state index contributed by atoms with van der Waals surface area (Å²) in [5.41, 5.74) is 1.19. The first-order valence-electron chi connectivity index (χ1n) is 9.33. The van der Waals surface area contributed by atoms with Crippen LogP contribution in [0.25, 0.3) is 0 Å². The number of terminal acetylenes is 1. The number of carbonyl (C=O) groups excluding carboxylic acids is 2. The molecule has 30 heavy (non-hydrogen) atoms. The van der Waals surface area contributed by atoms with Crippen molar-refractivity contribution in [1.82, 2.24) is 14.9 Å². The third-order valence-electron chi connectivity index (χ3n) is 4.72. The quantitative estimate of drug-likeness (QED) is 0.396. The standard InChI is InChI=1S/C21H23N5O3S/c1-5-18(27)24(2)11-12-29-16-8-6-7-15(13-16)26-10-9-25(3)19-17(20(26)28)14-22-21(23-19)30-4/h1,6-8,13-14H,9-12H2,2-4H3. The first-order valence-corrected chi connectivity index (χ1v) is 10.6. The summed E-state index contributed by atoms with van der Waals surface area (Å²) in [5, 5.41) is 0.630. The van der Waals surface area contributed by atoms with Gasteiger partial charge in [-0.2, -0.15) is 0 Å². The molecule has 0 atom stereocenters. The van der Waals surface area contributed by atoms with Crippen LogP contribution >= 0.6 is 11.8 Å². The Labute approximate surface area is 180 Å². The lowest BCUT2D eigenvalue weighted by molar-refractivity contribution is -0.124. The molecule has 1 aromatic carbocycles. The average molecular weight is 426 g/mol. The number of hydrogen-bond acceptors (Lipinski definition) is 7. The normalized spacial score (nSPS) is 13.3. The topological polar surface area (TPSA) is 78.9 Å². The Morgan fingerprint density at radius 1 is 1.40 bits per heavy atom. The van der Waals surface area contributed by atoms with Gasteiger partial charge in [-0.25, -0.2) is 9.97 Å². The summed E-state index contributed by atoms with van der Waals surface area (Å²) >= 11 is 1.44. The number of likely N-dealkylation sites (N-methyl/N-ethyl adjacent to an activating group) is 2. The lowest BCUT2D eigenvalue weighted by Gasteiger charge is -2.22. The monoisotopic (exact) mass is 425 g/mol. The third-order valence-corrected chi connectivity index (χ3v) is 5.28. The summed E-state index contributed by atoms with van der Waals surface area (Å²) in [6, 6.07) is 7.31. The Morgan fingerprint density at radius 3 is 2.93 bits per heavy atom. The molecule has 2 heterocycles. The molecule has 2 aromatic rings. The SMILES string of the molecule is C#CC(=O)N(C)CCOc1cccc(N2CCN(C)c3nc(SC)ncc3C2=O)c1. The maximum atomic E-state index is 13.2. The number of aromatic nitrogens is 2. The minimum Gasteiger partial charge on any atom is -0.492 e. The predicted molar refractivity (Wildman–Crippen MR) is 117 cm³/mol. The van der Waals surface area contributed by atoms with Crippen LogP contribution in [0.2, 0.25) is 0 Å². The van der Waals surface area contributed by atoms with Crippen molar-refractivity contribution in [2.24, 2.45) is 0 Å². The van der Waals surface area contributed by atoms with Crippen LogP contribution in [-0.4, -0.2) is 73.3 Å². The highest BCUT2D eigenvalue weighted by molar-refractivity contribution is 7.98. The van der Waals surface area contributed by atoms with Gasteiger partial charge in [0.1, 0.15) is 23.7 Å². The molecule has 0 spiro atoms. The molecule has 0 radical (unpaired) electrons. The Kier molecular flexibility index (Phi) is 6.79. The lowest BCUT2D eigenvalue weighted by Crippen LogP contribution is -2.33. The smallest absolute Gasteiger partial charge is 0.298 e. The van der Waals surface area contributed by atoms with Crippen molar-refractivity contribution in [2.75, 3.05) is 56.4 Å². The molecule has 0 saturated heterocycles. The van der Waals surface area contributed by atoms with Crippen molar-refractivity contribution in [2.45, 2.75) is 5.16 Å². The zero-order valence-corrected chi connectivity index (χ0v) is 18.0. The second kappa shape index (κ2) is 9.50. The van der Waals surface area contributed by atoms with Crippen molar-refractivity contribution in [1.29, 1.82) is 0 Å². The van der Waals surface area contributed by atoms with Gasteiger partial charge in [0, 0.05) is 45.1 Å². The summed E-state index contributed by atoms with van der Waals surface area (Å²) in [7, 11) is 3.54. The van der Waals surface area contributed by atoms with E-state index in [0.717, 1.165) is 5.69 Å². The van der Waals surface area contributed by atoms with E-state index in [0.29, 0.717) is 41.9 Å². The molecule has 0 N–H and O–H groups in total. The minimum atomic E-state index is -0.392. The van der Waals surface area contributed by atoms with Crippen LogP contribution in [0.15, 0.2) is 35.6 Å². The maximum absolute atomic E-state index is 13.2. The Bertz CT molecular complexity index is 991. The fourth-order valence-electron chi connectivity index (χ4n) is 3.00. The van der Waals surface area contributed by atoms with Gasteiger partial charge in [0.25, 0.3) is 11.8 Å². The van der Waals surface area contributed by atoms with Gasteiger partial charge in [0.15, 0.2) is 5.16 Å². The second-order valence-electron chi connectivity index (χ2n) is 6.69. The van der Waals surface area contributed by atoms with Crippen LogP contribution in [0.5, 0.6) is 5.75 Å². The van der Waals surface area contributed by atoms with Gasteiger partial charge >= 0.3 is 0 Å². The largest absolute Gasteiger partial charge is 0.492 e. The van der Waals surface area contributed by atoms with E-state index in [1.807, 2.05) is 42.5 Å². The second-order valence-corrected chi connectivity index (χ2v) is 7.46. The summed E-state index contributed by atoms with van der Waals surface area (Å²) in [6.07, 6.45) is 8.60. The Balaban J connectivity index is 1.77. The van der Waals surface area contributed by atoms with E-state index in [4.69, 9.17) is 11.2 Å². The van der Waals surface area contributed by atoms with Gasteiger partial charge in [-0.3, -0.25) is 9.59 Å². The van der Waals surface area contributed by atoms with Crippen molar-refractivity contribution in [3.63, 3.8) is 0 Å². The molecule has 3 rings (SSSR count). The number of ether oxygens (including phenoxy) is 1. The van der Waals surface area contributed by atoms with Gasteiger partial charge in [-0.15, -0.1) is 6.42 Å². The Morgan fingerprint density at radius 2 is 2.20 bits per heavy atom. The first-order chi connectivity index (χ1) is 14.4. The molecule has 1 aliphatic rings. The fourth-order valence-corrected chi connectivity index (χ4v) is 3.34. The van der Waals surface area contributed by atoms with Crippen LogP contribution in [-0.2, 0) is 4.79 Å². The van der Waals surface area contributed by atoms with E-state index < -0.39 is 5.91 Å². The number of fused-ring (bicyclic) bond motifs is 1. The van der Waals surface area contributed by atoms with E-state index in [1.54, 1.807) is 18.1 Å². The minimum absolute atomic E-state index is 0.154. The number of benzene rings is 1. The molecule has 9 heteroatoms. The van der Waals surface area contributed by atoms with Crippen molar-refractivity contribution in [3.8, 4) is 18.1 Å². The van der Waals surface area contributed by atoms with Gasteiger partial charge < -0.3 is 19.4 Å². The predicted octanol–water partition coefficient (Wildman–Crippen LogP) is 1.77. The van der Waals surface area contributed by atoms with Gasteiger partial charge in [-0.05, 0) is 24.3 Å². The van der Waals surface area contributed by atoms with Crippen LogP contribution in [0.3, 0.4) is 0 Å². The molecular formula is C21H23N5O3S. The molecule has 2 amide bonds. The van der Waals surface area contributed by atoms with Crippen molar-refractivity contribution in [3.05, 3.63) is 36.0 Å². The number of hydrogen-bond donors (Lipinski definition) is 0. The van der Waals surface area contributed by atoms with E-state index in [1.165, 1.54) is 16.7 Å². The fraction of sp³-hybridized carbons (Fsp3) is 0.333. The Hall–Kier alpha value is -3.25. The molecule has 8 nitrogen and oxygen atoms in total. The van der Waals surface area contributed by atoms with Gasteiger partial charge in [0.05, 0.1) is 6.54 Å². The van der Waals surface area contributed by atoms with Crippen LogP contribution in [0, 0.1) is 12.3 Å². The molecule has 0 fully saturated rings. The molecule has 0 saturated carbocycles. The summed E-state index contributed by atoms with van der Waals surface area (Å²) in [4.78, 5) is 38.5. The summed E-state index contributed by atoms with van der Waals surface area (Å²) in [6.45, 7) is 1.79. The van der Waals surface area contributed by atoms with Crippen LogP contribution in [0.4, 0.5) is 11.5 Å². The number of anilines is 2. The van der Waals surface area contributed by atoms with E-state index in [2.05, 4.69) is 15.9 Å². The zero-order chi connectivity index (χ0) is 21.7. The van der Waals surface area contributed by atoms with Gasteiger partial charge in [0.2, 0.25) is 0 Å². The molecule has 0 bridgehead atoms. The highest BCUT2D eigenvalue weighted by Crippen LogP contribution is 2.28. The van der Waals surface area contributed by atoms with Crippen LogP contribution in [0.1, 0.15) is 10.4 Å². The molecule has 1 aromatic heterocycles. The van der Waals surface area contributed by atoms with E-state index in [9.17, 15) is 9.59 Å². The summed E-state index contributed by atoms with van der Waals surface area (Å²) in [5.74, 6) is 2.76. The van der Waals surface area contributed by atoms with Crippen LogP contribution < -0.4 is 14.5 Å². The first kappa shape index (κ1) is 21.5. The number of rotatable bonds is 6. The van der Waals surface area contributed by atoms with Gasteiger partial charge in [-0.1, -0.05) is 17.8 Å². The zero-order valence-electron chi connectivity index (χ0n) is 17.2.